The van der Waals surface area contributed by atoms with Gasteiger partial charge in [-0.3, -0.25) is 4.40 Å². The van der Waals surface area contributed by atoms with E-state index in [0.29, 0.717) is 5.02 Å². The van der Waals surface area contributed by atoms with Crippen molar-refractivity contribution in [3.8, 4) is 17.1 Å². The highest BCUT2D eigenvalue weighted by molar-refractivity contribution is 6.33. The number of methoxy groups -OCH3 is 1. The number of nitrogens with zero attached hydrogens (tertiary/aromatic N) is 2. The van der Waals surface area contributed by atoms with E-state index in [2.05, 4.69) is 4.98 Å². The van der Waals surface area contributed by atoms with Crippen LogP contribution in [0.5, 0.6) is 5.75 Å². The smallest absolute Gasteiger partial charge is 0.145 e. The predicted octanol–water partition coefficient (Wildman–Crippen LogP) is 3.66. The second-order valence-corrected chi connectivity index (χ2v) is 4.33. The van der Waals surface area contributed by atoms with Crippen LogP contribution in [-0.4, -0.2) is 16.5 Å². The molecule has 0 bridgehead atoms. The lowest BCUT2D eigenvalue weighted by Crippen LogP contribution is -1.91. The second-order valence-electron chi connectivity index (χ2n) is 3.92. The topological polar surface area (TPSA) is 26.5 Å². The Labute approximate surface area is 110 Å². The second kappa shape index (κ2) is 4.35. The van der Waals surface area contributed by atoms with Crippen molar-refractivity contribution in [2.45, 2.75) is 0 Å². The maximum Gasteiger partial charge on any atom is 0.145 e. The minimum Gasteiger partial charge on any atom is -0.497 e. The van der Waals surface area contributed by atoms with E-state index in [1.807, 2.05) is 47.0 Å². The van der Waals surface area contributed by atoms with Crippen molar-refractivity contribution in [1.29, 1.82) is 0 Å². The molecule has 0 aliphatic carbocycles. The molecule has 0 spiro atoms. The van der Waals surface area contributed by atoms with Gasteiger partial charge in [-0.05, 0) is 18.2 Å². The van der Waals surface area contributed by atoms with E-state index in [1.54, 1.807) is 13.3 Å². The summed E-state index contributed by atoms with van der Waals surface area (Å²) in [6.45, 7) is 0. The molecule has 18 heavy (non-hydrogen) atoms. The minimum absolute atomic E-state index is 0.695. The lowest BCUT2D eigenvalue weighted by Gasteiger charge is -2.05. The Morgan fingerprint density at radius 3 is 2.83 bits per heavy atom. The molecule has 0 radical (unpaired) electrons. The summed E-state index contributed by atoms with van der Waals surface area (Å²) in [6.07, 6.45) is 3.74. The molecule has 0 aliphatic heterocycles. The predicted molar refractivity (Wildman–Crippen MR) is 72.2 cm³/mol. The van der Waals surface area contributed by atoms with E-state index in [1.165, 1.54) is 0 Å². The van der Waals surface area contributed by atoms with Crippen LogP contribution in [0.15, 0.2) is 48.8 Å². The maximum atomic E-state index is 6.20. The van der Waals surface area contributed by atoms with Gasteiger partial charge in [0.15, 0.2) is 0 Å². The van der Waals surface area contributed by atoms with Crippen LogP contribution in [0.1, 0.15) is 0 Å². The average molecular weight is 259 g/mol. The average Bonchev–Trinajstić information content (AvgIpc) is 2.82. The van der Waals surface area contributed by atoms with Gasteiger partial charge in [-0.1, -0.05) is 23.7 Å². The van der Waals surface area contributed by atoms with Gasteiger partial charge in [0.05, 0.1) is 23.8 Å². The third kappa shape index (κ3) is 1.73. The SMILES string of the molecule is COc1ccn2c(-c3ccccc3Cl)ncc2c1. The van der Waals surface area contributed by atoms with Gasteiger partial charge >= 0.3 is 0 Å². The Hall–Kier alpha value is -2.00. The van der Waals surface area contributed by atoms with Crippen LogP contribution in [0.4, 0.5) is 0 Å². The molecule has 2 heterocycles. The number of benzene rings is 1. The quantitative estimate of drug-likeness (QED) is 0.701. The van der Waals surface area contributed by atoms with Gasteiger partial charge in [0.25, 0.3) is 0 Å². The van der Waals surface area contributed by atoms with E-state index in [-0.39, 0.29) is 0 Å². The Morgan fingerprint density at radius 1 is 1.22 bits per heavy atom. The molecule has 3 rings (SSSR count). The van der Waals surface area contributed by atoms with Gasteiger partial charge in [0.1, 0.15) is 11.6 Å². The van der Waals surface area contributed by atoms with Crippen LogP contribution in [-0.2, 0) is 0 Å². The number of halogens is 1. The molecular weight excluding hydrogens is 248 g/mol. The molecule has 0 atom stereocenters. The third-order valence-electron chi connectivity index (χ3n) is 2.85. The number of ether oxygens (including phenoxy) is 1. The van der Waals surface area contributed by atoms with Crippen LogP contribution < -0.4 is 4.74 Å². The Morgan fingerprint density at radius 2 is 2.06 bits per heavy atom. The molecule has 0 fully saturated rings. The Kier molecular flexibility index (Phi) is 2.68. The van der Waals surface area contributed by atoms with E-state index in [4.69, 9.17) is 16.3 Å². The molecule has 4 heteroatoms. The van der Waals surface area contributed by atoms with Crippen molar-refractivity contribution in [2.75, 3.05) is 7.11 Å². The van der Waals surface area contributed by atoms with Crippen molar-refractivity contribution in [3.63, 3.8) is 0 Å². The first-order valence-electron chi connectivity index (χ1n) is 5.55. The fourth-order valence-corrected chi connectivity index (χ4v) is 2.17. The highest BCUT2D eigenvalue weighted by Gasteiger charge is 2.09. The first-order valence-corrected chi connectivity index (χ1v) is 5.93. The summed E-state index contributed by atoms with van der Waals surface area (Å²) in [5, 5.41) is 0.695. The lowest BCUT2D eigenvalue weighted by molar-refractivity contribution is 0.414. The van der Waals surface area contributed by atoms with Crippen LogP contribution in [0.2, 0.25) is 5.02 Å². The normalized spacial score (nSPS) is 10.8. The van der Waals surface area contributed by atoms with Crippen LogP contribution >= 0.6 is 11.6 Å². The summed E-state index contributed by atoms with van der Waals surface area (Å²) in [5.74, 6) is 1.64. The van der Waals surface area contributed by atoms with Crippen LogP contribution in [0, 0.1) is 0 Å². The standard InChI is InChI=1S/C14H11ClN2O/c1-18-11-6-7-17-10(8-11)9-16-14(17)12-4-2-3-5-13(12)15/h2-9H,1H3. The van der Waals surface area contributed by atoms with Gasteiger partial charge in [-0.2, -0.15) is 0 Å². The highest BCUT2D eigenvalue weighted by Crippen LogP contribution is 2.28. The number of imidazole rings is 1. The van der Waals surface area contributed by atoms with E-state index >= 15 is 0 Å². The summed E-state index contributed by atoms with van der Waals surface area (Å²) in [4.78, 5) is 4.42. The number of fused-ring (bicyclic) bond motifs is 1. The summed E-state index contributed by atoms with van der Waals surface area (Å²) in [5.41, 5.74) is 1.90. The van der Waals surface area contributed by atoms with Crippen molar-refractivity contribution < 1.29 is 4.74 Å². The zero-order valence-electron chi connectivity index (χ0n) is 9.80. The van der Waals surface area contributed by atoms with E-state index in [0.717, 1.165) is 22.7 Å². The fraction of sp³-hybridized carbons (Fsp3) is 0.0714. The molecular formula is C14H11ClN2O. The van der Waals surface area contributed by atoms with Gasteiger partial charge in [0, 0.05) is 17.8 Å². The monoisotopic (exact) mass is 258 g/mol. The van der Waals surface area contributed by atoms with E-state index in [9.17, 15) is 0 Å². The number of aromatic nitrogens is 2. The largest absolute Gasteiger partial charge is 0.497 e. The highest BCUT2D eigenvalue weighted by atomic mass is 35.5. The maximum absolute atomic E-state index is 6.20. The number of pyridine rings is 1. The zero-order valence-corrected chi connectivity index (χ0v) is 10.6. The van der Waals surface area contributed by atoms with Gasteiger partial charge in [-0.25, -0.2) is 4.98 Å². The van der Waals surface area contributed by atoms with Crippen LogP contribution in [0.25, 0.3) is 16.9 Å². The molecule has 0 amide bonds. The molecule has 90 valence electrons. The van der Waals surface area contributed by atoms with Crippen molar-refractivity contribution in [1.82, 2.24) is 9.38 Å². The number of hydrogen-bond donors (Lipinski definition) is 0. The van der Waals surface area contributed by atoms with Gasteiger partial charge in [-0.15, -0.1) is 0 Å². The molecule has 0 saturated carbocycles. The van der Waals surface area contributed by atoms with Crippen LogP contribution in [0.3, 0.4) is 0 Å². The van der Waals surface area contributed by atoms with Crippen molar-refractivity contribution in [3.05, 3.63) is 53.8 Å². The minimum atomic E-state index is 0.695. The van der Waals surface area contributed by atoms with Gasteiger partial charge in [0.2, 0.25) is 0 Å². The molecule has 1 aromatic carbocycles. The van der Waals surface area contributed by atoms with Crippen molar-refractivity contribution >= 4 is 17.1 Å². The van der Waals surface area contributed by atoms with Gasteiger partial charge < -0.3 is 4.74 Å². The number of rotatable bonds is 2. The van der Waals surface area contributed by atoms with Crippen molar-refractivity contribution in [2.24, 2.45) is 0 Å². The summed E-state index contributed by atoms with van der Waals surface area (Å²) in [7, 11) is 1.65. The lowest BCUT2D eigenvalue weighted by atomic mass is 10.2. The molecule has 0 N–H and O–H groups in total. The Bertz CT molecular complexity index is 706. The van der Waals surface area contributed by atoms with E-state index < -0.39 is 0 Å². The Balaban J connectivity index is 2.22. The summed E-state index contributed by atoms with van der Waals surface area (Å²) >= 11 is 6.20. The first kappa shape index (κ1) is 11.1. The fourth-order valence-electron chi connectivity index (χ4n) is 1.95. The molecule has 0 saturated heterocycles. The molecule has 3 nitrogen and oxygen atoms in total. The molecule has 3 aromatic rings. The third-order valence-corrected chi connectivity index (χ3v) is 3.18. The number of hydrogen-bond acceptors (Lipinski definition) is 2. The molecule has 0 aliphatic rings. The first-order chi connectivity index (χ1) is 8.79. The summed E-state index contributed by atoms with van der Waals surface area (Å²) in [6, 6.07) is 11.5. The summed E-state index contributed by atoms with van der Waals surface area (Å²) < 4.78 is 7.18. The zero-order chi connectivity index (χ0) is 12.5. The molecule has 2 aromatic heterocycles. The molecule has 0 unspecified atom stereocenters.